The Morgan fingerprint density at radius 2 is 1.95 bits per heavy atom. The van der Waals surface area contributed by atoms with Crippen LogP contribution in [0.15, 0.2) is 6.07 Å². The number of nitrogens with zero attached hydrogens (tertiary/aromatic N) is 2. The molecule has 3 N–H and O–H groups in total. The van der Waals surface area contributed by atoms with E-state index in [9.17, 15) is 8.42 Å². The second kappa shape index (κ2) is 7.98. The van der Waals surface area contributed by atoms with E-state index in [1.54, 1.807) is 13.1 Å². The number of sulfonamides is 1. The summed E-state index contributed by atoms with van der Waals surface area (Å²) in [7, 11) is -0.0856. The highest BCUT2D eigenvalue weighted by molar-refractivity contribution is 7.89. The van der Waals surface area contributed by atoms with Crippen molar-refractivity contribution in [3.63, 3.8) is 0 Å². The predicted octanol–water partition coefficient (Wildman–Crippen LogP) is 0.0159. The van der Waals surface area contributed by atoms with Gasteiger partial charge in [0.2, 0.25) is 10.0 Å². The van der Waals surface area contributed by atoms with Crippen LogP contribution in [-0.2, 0) is 21.4 Å². The van der Waals surface area contributed by atoms with Gasteiger partial charge in [-0.2, -0.15) is 0 Å². The van der Waals surface area contributed by atoms with E-state index in [0.29, 0.717) is 30.7 Å². The third-order valence-electron chi connectivity index (χ3n) is 2.45. The highest BCUT2D eigenvalue weighted by Gasteiger charge is 2.08. The maximum absolute atomic E-state index is 11.3. The molecule has 1 heterocycles. The number of aromatic nitrogens is 2. The minimum Gasteiger partial charge on any atom is -0.374 e. The van der Waals surface area contributed by atoms with E-state index < -0.39 is 10.0 Å². The number of nitrogens with one attached hydrogen (secondary N) is 3. The van der Waals surface area contributed by atoms with Crippen LogP contribution < -0.4 is 15.4 Å². The molecule has 0 aromatic carbocycles. The first-order valence-electron chi connectivity index (χ1n) is 6.29. The molecule has 8 nitrogen and oxygen atoms in total. The van der Waals surface area contributed by atoms with E-state index in [-0.39, 0.29) is 12.3 Å². The molecule has 1 rings (SSSR count). The fraction of sp³-hybridized carbons (Fsp3) is 0.636. The van der Waals surface area contributed by atoms with Crippen LogP contribution in [0, 0.1) is 0 Å². The largest absolute Gasteiger partial charge is 0.374 e. The van der Waals surface area contributed by atoms with Gasteiger partial charge >= 0.3 is 0 Å². The van der Waals surface area contributed by atoms with Crippen LogP contribution in [0.25, 0.3) is 0 Å². The van der Waals surface area contributed by atoms with Crippen molar-refractivity contribution in [3.05, 3.63) is 11.9 Å². The van der Waals surface area contributed by atoms with Crippen molar-refractivity contribution < 1.29 is 13.2 Å². The molecule has 0 atom stereocenters. The molecule has 20 heavy (non-hydrogen) atoms. The van der Waals surface area contributed by atoms with Gasteiger partial charge in [-0.1, -0.05) is 0 Å². The van der Waals surface area contributed by atoms with Gasteiger partial charge < -0.3 is 15.4 Å². The highest BCUT2D eigenvalue weighted by Crippen LogP contribution is 2.11. The lowest BCUT2D eigenvalue weighted by atomic mass is 10.4. The summed E-state index contributed by atoms with van der Waals surface area (Å²) < 4.78 is 30.1. The number of ether oxygens (including phenoxy) is 1. The first-order chi connectivity index (χ1) is 9.50. The molecule has 0 aliphatic heterocycles. The predicted molar refractivity (Wildman–Crippen MR) is 78.2 cm³/mol. The summed E-state index contributed by atoms with van der Waals surface area (Å²) in [5, 5.41) is 5.89. The van der Waals surface area contributed by atoms with Crippen LogP contribution in [0.4, 0.5) is 11.6 Å². The summed E-state index contributed by atoms with van der Waals surface area (Å²) in [5.41, 5.74) is 0. The number of rotatable bonds is 9. The molecule has 0 unspecified atom stereocenters. The first-order valence-corrected chi connectivity index (χ1v) is 7.94. The van der Waals surface area contributed by atoms with Gasteiger partial charge in [0.25, 0.3) is 0 Å². The zero-order valence-corrected chi connectivity index (χ0v) is 12.7. The van der Waals surface area contributed by atoms with Crippen molar-refractivity contribution in [1.29, 1.82) is 0 Å². The van der Waals surface area contributed by atoms with Crippen LogP contribution in [0.3, 0.4) is 0 Å². The molecule has 9 heteroatoms. The van der Waals surface area contributed by atoms with Gasteiger partial charge in [0, 0.05) is 26.3 Å². The smallest absolute Gasteiger partial charge is 0.213 e. The van der Waals surface area contributed by atoms with E-state index in [2.05, 4.69) is 25.3 Å². The molecule has 0 saturated carbocycles. The molecule has 0 saturated heterocycles. The van der Waals surface area contributed by atoms with E-state index in [4.69, 9.17) is 4.74 Å². The maximum atomic E-state index is 11.3. The molecule has 0 radical (unpaired) electrons. The molecule has 0 aliphatic carbocycles. The van der Waals surface area contributed by atoms with Crippen molar-refractivity contribution in [1.82, 2.24) is 14.7 Å². The SMILES string of the molecule is CCOCc1nc(NC)cc(NCCS(=O)(=O)NC)n1. The lowest BCUT2D eigenvalue weighted by molar-refractivity contribution is 0.128. The molecule has 0 fully saturated rings. The molecule has 1 aromatic rings. The average Bonchev–Trinajstić information content (AvgIpc) is 2.44. The van der Waals surface area contributed by atoms with E-state index in [0.717, 1.165) is 0 Å². The topological polar surface area (TPSA) is 105 Å². The Kier molecular flexibility index (Phi) is 6.62. The Morgan fingerprint density at radius 1 is 1.25 bits per heavy atom. The standard InChI is InChI=1S/C11H21N5O3S/c1-4-19-8-11-15-9(12-2)7-10(16-11)14-5-6-20(17,18)13-3/h7,13H,4-6,8H2,1-3H3,(H2,12,14,15,16). The minimum absolute atomic E-state index is 0.0246. The Hall–Kier alpha value is -1.45. The number of hydrogen-bond donors (Lipinski definition) is 3. The Morgan fingerprint density at radius 3 is 2.55 bits per heavy atom. The highest BCUT2D eigenvalue weighted by atomic mass is 32.2. The summed E-state index contributed by atoms with van der Waals surface area (Å²) in [6.07, 6.45) is 0. The molecule has 0 spiro atoms. The summed E-state index contributed by atoms with van der Waals surface area (Å²) in [5.74, 6) is 1.72. The molecule has 1 aromatic heterocycles. The zero-order valence-electron chi connectivity index (χ0n) is 11.9. The molecule has 114 valence electrons. The van der Waals surface area contributed by atoms with Crippen molar-refractivity contribution in [3.8, 4) is 0 Å². The fourth-order valence-corrected chi connectivity index (χ4v) is 1.96. The van der Waals surface area contributed by atoms with E-state index in [1.165, 1.54) is 7.05 Å². The number of anilines is 2. The van der Waals surface area contributed by atoms with Crippen LogP contribution in [0.2, 0.25) is 0 Å². The van der Waals surface area contributed by atoms with Gasteiger partial charge in [-0.25, -0.2) is 23.1 Å². The monoisotopic (exact) mass is 303 g/mol. The zero-order chi connectivity index (χ0) is 15.0. The Labute approximate surface area is 119 Å². The molecule has 0 amide bonds. The van der Waals surface area contributed by atoms with Crippen molar-refractivity contribution in [2.24, 2.45) is 0 Å². The third kappa shape index (κ3) is 5.68. The second-order valence-corrected chi connectivity index (χ2v) is 5.94. The fourth-order valence-electron chi connectivity index (χ4n) is 1.39. The number of hydrogen-bond acceptors (Lipinski definition) is 7. The van der Waals surface area contributed by atoms with Crippen molar-refractivity contribution in [2.45, 2.75) is 13.5 Å². The Balaban J connectivity index is 2.68. The summed E-state index contributed by atoms with van der Waals surface area (Å²) in [4.78, 5) is 8.51. The van der Waals surface area contributed by atoms with E-state index >= 15 is 0 Å². The quantitative estimate of drug-likeness (QED) is 0.590. The van der Waals surface area contributed by atoms with E-state index in [1.807, 2.05) is 6.92 Å². The normalized spacial score (nSPS) is 11.3. The molecule has 0 bridgehead atoms. The molecular formula is C11H21N5O3S. The minimum atomic E-state index is -3.23. The lowest BCUT2D eigenvalue weighted by Gasteiger charge is -2.10. The molecule has 0 aliphatic rings. The van der Waals surface area contributed by atoms with Crippen LogP contribution >= 0.6 is 0 Å². The molecular weight excluding hydrogens is 282 g/mol. The van der Waals surface area contributed by atoms with Crippen LogP contribution in [0.5, 0.6) is 0 Å². The average molecular weight is 303 g/mol. The third-order valence-corrected chi connectivity index (χ3v) is 3.82. The summed E-state index contributed by atoms with van der Waals surface area (Å²) in [6.45, 7) is 3.05. The first kappa shape index (κ1) is 16.6. The summed E-state index contributed by atoms with van der Waals surface area (Å²) >= 11 is 0. The van der Waals surface area contributed by atoms with Gasteiger partial charge in [-0.3, -0.25) is 0 Å². The van der Waals surface area contributed by atoms with Gasteiger partial charge in [-0.15, -0.1) is 0 Å². The van der Waals surface area contributed by atoms with Gasteiger partial charge in [0.1, 0.15) is 18.2 Å². The second-order valence-electron chi connectivity index (χ2n) is 3.89. The maximum Gasteiger partial charge on any atom is 0.213 e. The van der Waals surface area contributed by atoms with Gasteiger partial charge in [-0.05, 0) is 14.0 Å². The Bertz CT molecular complexity index is 521. The van der Waals surface area contributed by atoms with Crippen LogP contribution in [-0.4, -0.2) is 51.4 Å². The van der Waals surface area contributed by atoms with Crippen LogP contribution in [0.1, 0.15) is 12.7 Å². The lowest BCUT2D eigenvalue weighted by Crippen LogP contribution is -2.26. The van der Waals surface area contributed by atoms with Gasteiger partial charge in [0.15, 0.2) is 5.82 Å². The van der Waals surface area contributed by atoms with Crippen molar-refractivity contribution >= 4 is 21.7 Å². The summed E-state index contributed by atoms with van der Waals surface area (Å²) in [6, 6.07) is 1.71. The van der Waals surface area contributed by atoms with Crippen molar-refractivity contribution in [2.75, 3.05) is 43.6 Å². The van der Waals surface area contributed by atoms with Gasteiger partial charge in [0.05, 0.1) is 5.75 Å².